The molecule has 0 bridgehead atoms. The molecule has 2 heterocycles. The maximum atomic E-state index is 13.0. The summed E-state index contributed by atoms with van der Waals surface area (Å²) in [4.78, 5) is 33.9. The number of hydrogen-bond donors (Lipinski definition) is 1. The van der Waals surface area contributed by atoms with Crippen molar-refractivity contribution >= 4 is 17.6 Å². The SMILES string of the molecule is COc1ccc(CCNC(=O)c2cccnc2N2CCN(C(=O)CCC(C)C)CC2)cc1OC. The molecule has 0 atom stereocenters. The average molecular weight is 469 g/mol. The smallest absolute Gasteiger partial charge is 0.255 e. The van der Waals surface area contributed by atoms with Crippen molar-refractivity contribution in [2.45, 2.75) is 33.1 Å². The molecule has 1 N–H and O–H groups in total. The topological polar surface area (TPSA) is 84.0 Å². The zero-order valence-corrected chi connectivity index (χ0v) is 20.7. The van der Waals surface area contributed by atoms with Crippen molar-refractivity contribution in [1.82, 2.24) is 15.2 Å². The van der Waals surface area contributed by atoms with Crippen molar-refractivity contribution in [2.75, 3.05) is 51.8 Å². The number of anilines is 1. The van der Waals surface area contributed by atoms with E-state index >= 15 is 0 Å². The molecular formula is C26H36N4O4. The highest BCUT2D eigenvalue weighted by molar-refractivity contribution is 5.98. The molecule has 2 aromatic rings. The highest BCUT2D eigenvalue weighted by atomic mass is 16.5. The molecule has 0 unspecified atom stereocenters. The molecule has 8 heteroatoms. The van der Waals surface area contributed by atoms with E-state index in [0.717, 1.165) is 12.0 Å². The van der Waals surface area contributed by atoms with Gasteiger partial charge in [0.2, 0.25) is 5.91 Å². The summed E-state index contributed by atoms with van der Waals surface area (Å²) in [6.07, 6.45) is 3.87. The van der Waals surface area contributed by atoms with E-state index in [0.29, 0.717) is 74.4 Å². The fraction of sp³-hybridized carbons (Fsp3) is 0.500. The zero-order chi connectivity index (χ0) is 24.5. The lowest BCUT2D eigenvalue weighted by Gasteiger charge is -2.36. The number of piperazine rings is 1. The minimum atomic E-state index is -0.154. The van der Waals surface area contributed by atoms with Gasteiger partial charge in [0.25, 0.3) is 5.91 Å². The van der Waals surface area contributed by atoms with Crippen molar-refractivity contribution in [3.63, 3.8) is 0 Å². The Labute approximate surface area is 202 Å². The third-order valence-electron chi connectivity index (χ3n) is 6.05. The molecule has 34 heavy (non-hydrogen) atoms. The number of nitrogens with zero attached hydrogens (tertiary/aromatic N) is 3. The Hall–Kier alpha value is -3.29. The van der Waals surface area contributed by atoms with Gasteiger partial charge in [-0.25, -0.2) is 4.98 Å². The summed E-state index contributed by atoms with van der Waals surface area (Å²) in [6.45, 7) is 7.37. The molecule has 0 spiro atoms. The van der Waals surface area contributed by atoms with Crippen LogP contribution < -0.4 is 19.7 Å². The third-order valence-corrected chi connectivity index (χ3v) is 6.05. The zero-order valence-electron chi connectivity index (χ0n) is 20.7. The second-order valence-corrected chi connectivity index (χ2v) is 8.87. The van der Waals surface area contributed by atoms with Crippen LogP contribution in [-0.2, 0) is 11.2 Å². The van der Waals surface area contributed by atoms with Gasteiger partial charge in [0.05, 0.1) is 19.8 Å². The minimum Gasteiger partial charge on any atom is -0.493 e. The van der Waals surface area contributed by atoms with Gasteiger partial charge in [-0.1, -0.05) is 19.9 Å². The van der Waals surface area contributed by atoms with Crippen molar-refractivity contribution in [3.05, 3.63) is 47.7 Å². The van der Waals surface area contributed by atoms with Crippen LogP contribution in [0.15, 0.2) is 36.5 Å². The molecular weight excluding hydrogens is 432 g/mol. The summed E-state index contributed by atoms with van der Waals surface area (Å²) in [7, 11) is 3.21. The number of carbonyl (C=O) groups excluding carboxylic acids is 2. The third kappa shape index (κ3) is 6.62. The molecule has 1 aromatic heterocycles. The summed E-state index contributed by atoms with van der Waals surface area (Å²) in [5.74, 6) is 2.59. The van der Waals surface area contributed by atoms with Gasteiger partial charge >= 0.3 is 0 Å². The largest absolute Gasteiger partial charge is 0.493 e. The number of pyridine rings is 1. The van der Waals surface area contributed by atoms with Gasteiger partial charge < -0.3 is 24.6 Å². The first-order valence-electron chi connectivity index (χ1n) is 11.9. The maximum Gasteiger partial charge on any atom is 0.255 e. The van der Waals surface area contributed by atoms with Gasteiger partial charge in [-0.2, -0.15) is 0 Å². The monoisotopic (exact) mass is 468 g/mol. The molecule has 1 aromatic carbocycles. The highest BCUT2D eigenvalue weighted by Crippen LogP contribution is 2.27. The first-order valence-corrected chi connectivity index (χ1v) is 11.9. The Morgan fingerprint density at radius 3 is 2.47 bits per heavy atom. The summed E-state index contributed by atoms with van der Waals surface area (Å²) in [5, 5.41) is 3.01. The number of aromatic nitrogens is 1. The quantitative estimate of drug-likeness (QED) is 0.577. The predicted molar refractivity (Wildman–Crippen MR) is 133 cm³/mol. The Balaban J connectivity index is 1.56. The number of nitrogens with one attached hydrogen (secondary N) is 1. The molecule has 2 amide bonds. The molecule has 184 valence electrons. The van der Waals surface area contributed by atoms with E-state index in [1.807, 2.05) is 23.1 Å². The maximum absolute atomic E-state index is 13.0. The van der Waals surface area contributed by atoms with Gasteiger partial charge in [0.15, 0.2) is 11.5 Å². The lowest BCUT2D eigenvalue weighted by molar-refractivity contribution is -0.131. The number of rotatable bonds is 10. The normalized spacial score (nSPS) is 13.7. The number of hydrogen-bond acceptors (Lipinski definition) is 6. The fourth-order valence-corrected chi connectivity index (χ4v) is 4.02. The van der Waals surface area contributed by atoms with Crippen molar-refractivity contribution in [1.29, 1.82) is 0 Å². The molecule has 1 fully saturated rings. The number of ether oxygens (including phenoxy) is 2. The van der Waals surface area contributed by atoms with Crippen molar-refractivity contribution in [3.8, 4) is 11.5 Å². The van der Waals surface area contributed by atoms with Crippen molar-refractivity contribution in [2.24, 2.45) is 5.92 Å². The second kappa shape index (κ2) is 12.3. The molecule has 0 aliphatic carbocycles. The van der Waals surface area contributed by atoms with E-state index in [2.05, 4.69) is 29.0 Å². The lowest BCUT2D eigenvalue weighted by atomic mass is 10.1. The van der Waals surface area contributed by atoms with E-state index in [-0.39, 0.29) is 11.8 Å². The van der Waals surface area contributed by atoms with Crippen LogP contribution in [-0.4, -0.2) is 68.6 Å². The fourth-order valence-electron chi connectivity index (χ4n) is 4.02. The van der Waals surface area contributed by atoms with Crippen LogP contribution >= 0.6 is 0 Å². The van der Waals surface area contributed by atoms with Gasteiger partial charge in [-0.15, -0.1) is 0 Å². The second-order valence-electron chi connectivity index (χ2n) is 8.87. The van der Waals surface area contributed by atoms with Gasteiger partial charge in [-0.3, -0.25) is 9.59 Å². The molecule has 1 aliphatic rings. The molecule has 8 nitrogen and oxygen atoms in total. The van der Waals surface area contributed by atoms with Crippen LogP contribution in [0.5, 0.6) is 11.5 Å². The summed E-state index contributed by atoms with van der Waals surface area (Å²) < 4.78 is 10.6. The predicted octanol–water partition coefficient (Wildman–Crippen LogP) is 3.16. The summed E-state index contributed by atoms with van der Waals surface area (Å²) in [5.41, 5.74) is 1.59. The molecule has 0 saturated carbocycles. The lowest BCUT2D eigenvalue weighted by Crippen LogP contribution is -2.49. The van der Waals surface area contributed by atoms with Crippen LogP contribution in [0.2, 0.25) is 0 Å². The Morgan fingerprint density at radius 2 is 1.79 bits per heavy atom. The summed E-state index contributed by atoms with van der Waals surface area (Å²) in [6, 6.07) is 9.32. The Kier molecular flexibility index (Phi) is 9.13. The summed E-state index contributed by atoms with van der Waals surface area (Å²) >= 11 is 0. The van der Waals surface area contributed by atoms with Crippen LogP contribution in [0.1, 0.15) is 42.6 Å². The van der Waals surface area contributed by atoms with Gasteiger partial charge in [0.1, 0.15) is 5.82 Å². The number of benzene rings is 1. The van der Waals surface area contributed by atoms with Crippen LogP contribution in [0.3, 0.4) is 0 Å². The number of amides is 2. The standard InChI is InChI=1S/C26H36N4O4/c1-19(2)7-10-24(31)29-14-16-30(17-15-29)25-21(6-5-12-27-25)26(32)28-13-11-20-8-9-22(33-3)23(18-20)34-4/h5-6,8-9,12,18-19H,7,10-11,13-17H2,1-4H3,(H,28,32). The molecule has 1 saturated heterocycles. The first kappa shape index (κ1) is 25.3. The van der Waals surface area contributed by atoms with Crippen LogP contribution in [0.4, 0.5) is 5.82 Å². The molecule has 0 radical (unpaired) electrons. The van der Waals surface area contributed by atoms with Gasteiger partial charge in [0, 0.05) is 45.3 Å². The molecule has 3 rings (SSSR count). The van der Waals surface area contributed by atoms with E-state index in [9.17, 15) is 9.59 Å². The molecule has 1 aliphatic heterocycles. The van der Waals surface area contributed by atoms with Crippen molar-refractivity contribution < 1.29 is 19.1 Å². The number of carbonyl (C=O) groups is 2. The Bertz CT molecular complexity index is 971. The van der Waals surface area contributed by atoms with E-state index < -0.39 is 0 Å². The average Bonchev–Trinajstić information content (AvgIpc) is 2.87. The minimum absolute atomic E-state index is 0.154. The van der Waals surface area contributed by atoms with E-state index in [1.54, 1.807) is 32.5 Å². The van der Waals surface area contributed by atoms with Gasteiger partial charge in [-0.05, 0) is 48.6 Å². The van der Waals surface area contributed by atoms with Crippen LogP contribution in [0, 0.1) is 5.92 Å². The highest BCUT2D eigenvalue weighted by Gasteiger charge is 2.24. The number of methoxy groups -OCH3 is 2. The van der Waals surface area contributed by atoms with E-state index in [4.69, 9.17) is 9.47 Å². The van der Waals surface area contributed by atoms with E-state index in [1.165, 1.54) is 0 Å². The Morgan fingerprint density at radius 1 is 1.06 bits per heavy atom. The van der Waals surface area contributed by atoms with Crippen LogP contribution in [0.25, 0.3) is 0 Å². The first-order chi connectivity index (χ1) is 16.4.